The third-order valence-corrected chi connectivity index (χ3v) is 3.78. The Morgan fingerprint density at radius 2 is 1.74 bits per heavy atom. The van der Waals surface area contributed by atoms with Gasteiger partial charge in [-0.1, -0.05) is 41.9 Å². The molecule has 0 bridgehead atoms. The number of nitrogens with two attached hydrogens (primary N) is 1. The Bertz CT molecular complexity index is 831. The number of halogens is 1. The number of carbonyl (C=O) groups excluding carboxylic acids is 2. The summed E-state index contributed by atoms with van der Waals surface area (Å²) in [5.74, 6) is -1.07. The highest BCUT2D eigenvalue weighted by molar-refractivity contribution is 6.45. The molecule has 1 aliphatic heterocycles. The Kier molecular flexibility index (Phi) is 3.80. The third kappa shape index (κ3) is 2.45. The van der Waals surface area contributed by atoms with Crippen LogP contribution < -0.4 is 10.6 Å². The van der Waals surface area contributed by atoms with E-state index in [0.29, 0.717) is 10.6 Å². The van der Waals surface area contributed by atoms with Gasteiger partial charge in [0.15, 0.2) is 5.76 Å². The van der Waals surface area contributed by atoms with E-state index in [4.69, 9.17) is 22.1 Å². The zero-order valence-electron chi connectivity index (χ0n) is 12.2. The van der Waals surface area contributed by atoms with Crippen molar-refractivity contribution in [2.45, 2.75) is 0 Å². The van der Waals surface area contributed by atoms with E-state index in [1.807, 2.05) is 6.07 Å². The van der Waals surface area contributed by atoms with Gasteiger partial charge in [-0.25, -0.2) is 4.90 Å². The van der Waals surface area contributed by atoms with Crippen molar-refractivity contribution in [2.75, 3.05) is 17.7 Å². The van der Waals surface area contributed by atoms with Gasteiger partial charge in [0.25, 0.3) is 5.91 Å². The average molecular weight is 329 g/mol. The topological polar surface area (TPSA) is 72.6 Å². The van der Waals surface area contributed by atoms with Crippen LogP contribution >= 0.6 is 11.6 Å². The molecule has 3 rings (SSSR count). The normalized spacial score (nSPS) is 14.6. The van der Waals surface area contributed by atoms with Gasteiger partial charge in [0.1, 0.15) is 0 Å². The number of methoxy groups -OCH3 is 1. The summed E-state index contributed by atoms with van der Waals surface area (Å²) < 4.78 is 5.18. The van der Waals surface area contributed by atoms with E-state index in [2.05, 4.69) is 0 Å². The molecule has 0 saturated heterocycles. The second kappa shape index (κ2) is 5.78. The fourth-order valence-electron chi connectivity index (χ4n) is 2.49. The predicted octanol–water partition coefficient (Wildman–Crippen LogP) is 2.85. The van der Waals surface area contributed by atoms with E-state index >= 15 is 0 Å². The van der Waals surface area contributed by atoms with Crippen molar-refractivity contribution in [2.24, 2.45) is 0 Å². The third-order valence-electron chi connectivity index (χ3n) is 3.54. The predicted molar refractivity (Wildman–Crippen MR) is 88.7 cm³/mol. The minimum absolute atomic E-state index is 0.0134. The molecular weight excluding hydrogens is 316 g/mol. The molecule has 116 valence electrons. The number of anilines is 2. The van der Waals surface area contributed by atoms with E-state index < -0.39 is 11.8 Å². The summed E-state index contributed by atoms with van der Waals surface area (Å²) in [6.45, 7) is 0. The fraction of sp³-hybridized carbons (Fsp3) is 0.0588. The van der Waals surface area contributed by atoms with Gasteiger partial charge in [0.2, 0.25) is 0 Å². The second-order valence-electron chi connectivity index (χ2n) is 4.92. The summed E-state index contributed by atoms with van der Waals surface area (Å²) in [4.78, 5) is 26.4. The van der Waals surface area contributed by atoms with Crippen molar-refractivity contribution in [3.63, 3.8) is 0 Å². The van der Waals surface area contributed by atoms with Crippen molar-refractivity contribution in [1.82, 2.24) is 0 Å². The number of carbonyl (C=O) groups is 2. The van der Waals surface area contributed by atoms with Crippen LogP contribution in [0.5, 0.6) is 0 Å². The molecule has 0 spiro atoms. The molecule has 0 atom stereocenters. The van der Waals surface area contributed by atoms with Crippen molar-refractivity contribution in [3.8, 4) is 0 Å². The second-order valence-corrected chi connectivity index (χ2v) is 5.36. The molecule has 0 fully saturated rings. The van der Waals surface area contributed by atoms with Crippen molar-refractivity contribution >= 4 is 40.4 Å². The van der Waals surface area contributed by atoms with Crippen LogP contribution in [0.1, 0.15) is 5.56 Å². The standard InChI is InChI=1S/C17H13ClN2O3/c1-23-15-14(10-5-3-2-4-6-10)16(21)20(17(15)22)13-9-11(18)7-8-12(13)19/h2-9H,19H2,1H3. The molecule has 2 N–H and O–H groups in total. The quantitative estimate of drug-likeness (QED) is 0.694. The minimum atomic E-state index is -0.565. The van der Waals surface area contributed by atoms with E-state index in [1.54, 1.807) is 36.4 Å². The zero-order valence-corrected chi connectivity index (χ0v) is 13.0. The number of amides is 2. The summed E-state index contributed by atoms with van der Waals surface area (Å²) >= 11 is 5.96. The van der Waals surface area contributed by atoms with Crippen LogP contribution in [0.15, 0.2) is 54.3 Å². The van der Waals surface area contributed by atoms with Crippen molar-refractivity contribution in [3.05, 3.63) is 64.9 Å². The summed E-state index contributed by atoms with van der Waals surface area (Å²) in [6, 6.07) is 13.5. The average Bonchev–Trinajstić information content (AvgIpc) is 2.81. The van der Waals surface area contributed by atoms with Gasteiger partial charge in [-0.15, -0.1) is 0 Å². The van der Waals surface area contributed by atoms with Crippen LogP contribution in [0.4, 0.5) is 11.4 Å². The lowest BCUT2D eigenvalue weighted by Crippen LogP contribution is -2.32. The molecule has 0 radical (unpaired) electrons. The first-order chi connectivity index (χ1) is 11.0. The van der Waals surface area contributed by atoms with Crippen molar-refractivity contribution < 1.29 is 14.3 Å². The molecule has 1 heterocycles. The highest BCUT2D eigenvalue weighted by Gasteiger charge is 2.41. The minimum Gasteiger partial charge on any atom is -0.490 e. The van der Waals surface area contributed by atoms with Gasteiger partial charge < -0.3 is 10.5 Å². The first-order valence-electron chi connectivity index (χ1n) is 6.82. The number of ether oxygens (including phenoxy) is 1. The van der Waals surface area contributed by atoms with Gasteiger partial charge in [-0.2, -0.15) is 0 Å². The Morgan fingerprint density at radius 3 is 2.39 bits per heavy atom. The maximum atomic E-state index is 12.8. The zero-order chi connectivity index (χ0) is 16.6. The maximum absolute atomic E-state index is 12.8. The largest absolute Gasteiger partial charge is 0.490 e. The first-order valence-corrected chi connectivity index (χ1v) is 7.20. The van der Waals surface area contributed by atoms with Crippen LogP contribution in [0, 0.1) is 0 Å². The molecule has 0 aromatic heterocycles. The van der Waals surface area contributed by atoms with Crippen LogP contribution in [0.2, 0.25) is 5.02 Å². The van der Waals surface area contributed by atoms with E-state index in [-0.39, 0.29) is 22.7 Å². The van der Waals surface area contributed by atoms with Crippen molar-refractivity contribution in [1.29, 1.82) is 0 Å². The molecule has 2 aromatic rings. The van der Waals surface area contributed by atoms with Gasteiger partial charge in [-0.3, -0.25) is 9.59 Å². The van der Waals surface area contributed by atoms with Crippen LogP contribution in [-0.2, 0) is 14.3 Å². The molecule has 2 aromatic carbocycles. The van der Waals surface area contributed by atoms with Crippen LogP contribution in [0.3, 0.4) is 0 Å². The molecule has 0 saturated carbocycles. The Labute approximate surface area is 137 Å². The fourth-order valence-corrected chi connectivity index (χ4v) is 2.65. The van der Waals surface area contributed by atoms with Gasteiger partial charge in [0.05, 0.1) is 24.1 Å². The molecule has 23 heavy (non-hydrogen) atoms. The molecule has 2 amide bonds. The number of rotatable bonds is 3. The van der Waals surface area contributed by atoms with Gasteiger partial charge in [-0.05, 0) is 23.8 Å². The molecular formula is C17H13ClN2O3. The van der Waals surface area contributed by atoms with E-state index in [9.17, 15) is 9.59 Å². The Morgan fingerprint density at radius 1 is 1.04 bits per heavy atom. The van der Waals surface area contributed by atoms with E-state index in [1.165, 1.54) is 13.2 Å². The first kappa shape index (κ1) is 15.1. The van der Waals surface area contributed by atoms with Crippen LogP contribution in [-0.4, -0.2) is 18.9 Å². The molecule has 5 nitrogen and oxygen atoms in total. The molecule has 6 heteroatoms. The highest BCUT2D eigenvalue weighted by Crippen LogP contribution is 2.36. The maximum Gasteiger partial charge on any atom is 0.301 e. The van der Waals surface area contributed by atoms with Crippen LogP contribution in [0.25, 0.3) is 5.57 Å². The SMILES string of the molecule is COC1=C(c2ccccc2)C(=O)N(c2cc(Cl)ccc2N)C1=O. The summed E-state index contributed by atoms with van der Waals surface area (Å²) in [5.41, 5.74) is 7.23. The summed E-state index contributed by atoms with van der Waals surface area (Å²) in [5, 5.41) is 0.377. The lowest BCUT2D eigenvalue weighted by atomic mass is 10.1. The number of hydrogen-bond donors (Lipinski definition) is 1. The lowest BCUT2D eigenvalue weighted by molar-refractivity contribution is -0.121. The lowest BCUT2D eigenvalue weighted by Gasteiger charge is -2.17. The van der Waals surface area contributed by atoms with E-state index in [0.717, 1.165) is 4.90 Å². The summed E-state index contributed by atoms with van der Waals surface area (Å²) in [7, 11) is 1.36. The number of nitrogens with zero attached hydrogens (tertiary/aromatic N) is 1. The summed E-state index contributed by atoms with van der Waals surface area (Å²) in [6.07, 6.45) is 0. The molecule has 0 unspecified atom stereocenters. The smallest absolute Gasteiger partial charge is 0.301 e. The Hall–Kier alpha value is -2.79. The number of nitrogen functional groups attached to an aromatic ring is 1. The number of hydrogen-bond acceptors (Lipinski definition) is 4. The Balaban J connectivity index is 2.14. The number of benzene rings is 2. The monoisotopic (exact) mass is 328 g/mol. The molecule has 0 aliphatic carbocycles. The van der Waals surface area contributed by atoms with Gasteiger partial charge in [0, 0.05) is 5.02 Å². The van der Waals surface area contributed by atoms with Gasteiger partial charge >= 0.3 is 5.91 Å². The highest BCUT2D eigenvalue weighted by atomic mass is 35.5. The molecule has 1 aliphatic rings. The number of imide groups is 1.